The second-order valence-electron chi connectivity index (χ2n) is 6.51. The first-order valence-corrected chi connectivity index (χ1v) is 9.04. The maximum Gasteiger partial charge on any atom is 0.319 e. The van der Waals surface area contributed by atoms with Crippen LogP contribution in [0.4, 0.5) is 16.3 Å². The number of nitrogens with one attached hydrogen (secondary N) is 2. The summed E-state index contributed by atoms with van der Waals surface area (Å²) in [5.41, 5.74) is 1.45. The summed E-state index contributed by atoms with van der Waals surface area (Å²) in [6, 6.07) is 12.9. The number of benzene rings is 1. The number of morpholine rings is 1. The van der Waals surface area contributed by atoms with Crippen LogP contribution in [-0.2, 0) is 4.74 Å². The van der Waals surface area contributed by atoms with Crippen molar-refractivity contribution in [1.82, 2.24) is 10.3 Å². The number of furan rings is 1. The molecule has 1 atom stereocenters. The molecule has 1 aliphatic heterocycles. The van der Waals surface area contributed by atoms with E-state index in [9.17, 15) is 4.79 Å². The molecular formula is C20H22N4O3. The maximum absolute atomic E-state index is 12.3. The van der Waals surface area contributed by atoms with Crippen LogP contribution in [0.25, 0.3) is 11.0 Å². The lowest BCUT2D eigenvalue weighted by Crippen LogP contribution is -2.36. The molecule has 2 N–H and O–H groups in total. The summed E-state index contributed by atoms with van der Waals surface area (Å²) < 4.78 is 11.1. The number of para-hydroxylation sites is 1. The third-order valence-corrected chi connectivity index (χ3v) is 4.56. The molecule has 1 saturated heterocycles. The zero-order valence-electron chi connectivity index (χ0n) is 15.1. The van der Waals surface area contributed by atoms with Gasteiger partial charge in [0.25, 0.3) is 0 Å². The first kappa shape index (κ1) is 17.4. The van der Waals surface area contributed by atoms with Gasteiger partial charge in [-0.2, -0.15) is 0 Å². The van der Waals surface area contributed by atoms with Gasteiger partial charge >= 0.3 is 6.03 Å². The standard InChI is InChI=1S/C20H22N4O3/c1-14(18-12-15-4-2-3-5-17(15)27-18)22-20(25)23-16-6-7-19(21-13-16)24-8-10-26-11-9-24/h2-7,12-14H,8-11H2,1H3,(H2,22,23,25)/t14-/m1/s1. The van der Waals surface area contributed by atoms with Crippen molar-refractivity contribution in [1.29, 1.82) is 0 Å². The van der Waals surface area contributed by atoms with E-state index in [1.54, 1.807) is 6.20 Å². The molecule has 0 spiro atoms. The number of carbonyl (C=O) groups excluding carboxylic acids is 1. The van der Waals surface area contributed by atoms with Crippen LogP contribution in [0.5, 0.6) is 0 Å². The average molecular weight is 366 g/mol. The van der Waals surface area contributed by atoms with Crippen molar-refractivity contribution in [3.63, 3.8) is 0 Å². The van der Waals surface area contributed by atoms with Gasteiger partial charge in [0.05, 0.1) is 31.1 Å². The van der Waals surface area contributed by atoms with E-state index in [4.69, 9.17) is 9.15 Å². The van der Waals surface area contributed by atoms with Crippen molar-refractivity contribution in [3.05, 3.63) is 54.4 Å². The second-order valence-corrected chi connectivity index (χ2v) is 6.51. The molecule has 7 nitrogen and oxygen atoms in total. The molecule has 27 heavy (non-hydrogen) atoms. The molecule has 0 bridgehead atoms. The summed E-state index contributed by atoms with van der Waals surface area (Å²) in [6.07, 6.45) is 1.66. The molecule has 3 aromatic rings. The van der Waals surface area contributed by atoms with E-state index in [1.807, 2.05) is 49.4 Å². The third kappa shape index (κ3) is 4.03. The molecule has 3 heterocycles. The quantitative estimate of drug-likeness (QED) is 0.738. The highest BCUT2D eigenvalue weighted by molar-refractivity contribution is 5.89. The molecule has 4 rings (SSSR count). The zero-order chi connectivity index (χ0) is 18.6. The van der Waals surface area contributed by atoms with Crippen molar-refractivity contribution in [2.75, 3.05) is 36.5 Å². The van der Waals surface area contributed by atoms with Crippen molar-refractivity contribution in [2.45, 2.75) is 13.0 Å². The zero-order valence-corrected chi connectivity index (χ0v) is 15.1. The van der Waals surface area contributed by atoms with Gasteiger partial charge in [0.2, 0.25) is 0 Å². The number of fused-ring (bicyclic) bond motifs is 1. The number of amides is 2. The number of nitrogens with zero attached hydrogens (tertiary/aromatic N) is 2. The van der Waals surface area contributed by atoms with Crippen LogP contribution < -0.4 is 15.5 Å². The van der Waals surface area contributed by atoms with Gasteiger partial charge in [0.15, 0.2) is 0 Å². The number of aromatic nitrogens is 1. The summed E-state index contributed by atoms with van der Waals surface area (Å²) >= 11 is 0. The van der Waals surface area contributed by atoms with E-state index >= 15 is 0 Å². The van der Waals surface area contributed by atoms with Crippen LogP contribution in [0, 0.1) is 0 Å². The Kier molecular flexibility index (Phi) is 4.93. The Morgan fingerprint density at radius 3 is 2.74 bits per heavy atom. The van der Waals surface area contributed by atoms with Crippen LogP contribution in [0.3, 0.4) is 0 Å². The van der Waals surface area contributed by atoms with E-state index in [1.165, 1.54) is 0 Å². The molecule has 1 aliphatic rings. The highest BCUT2D eigenvalue weighted by Gasteiger charge is 2.15. The Bertz CT molecular complexity index is 883. The summed E-state index contributed by atoms with van der Waals surface area (Å²) in [5, 5.41) is 6.71. The Hall–Kier alpha value is -3.06. The minimum atomic E-state index is -0.302. The summed E-state index contributed by atoms with van der Waals surface area (Å²) in [4.78, 5) is 18.9. The highest BCUT2D eigenvalue weighted by atomic mass is 16.5. The predicted octanol–water partition coefficient (Wildman–Crippen LogP) is 3.55. The SMILES string of the molecule is C[C@@H](NC(=O)Nc1ccc(N2CCOCC2)nc1)c1cc2ccccc2o1. The van der Waals surface area contributed by atoms with Crippen molar-refractivity contribution in [2.24, 2.45) is 0 Å². The van der Waals surface area contributed by atoms with E-state index in [0.29, 0.717) is 24.7 Å². The number of hydrogen-bond donors (Lipinski definition) is 2. The van der Waals surface area contributed by atoms with Crippen molar-refractivity contribution < 1.29 is 13.9 Å². The Morgan fingerprint density at radius 1 is 1.19 bits per heavy atom. The van der Waals surface area contributed by atoms with Gasteiger partial charge in [-0.1, -0.05) is 18.2 Å². The maximum atomic E-state index is 12.3. The Morgan fingerprint density at radius 2 is 2.00 bits per heavy atom. The topological polar surface area (TPSA) is 79.6 Å². The molecule has 0 radical (unpaired) electrons. The summed E-state index contributed by atoms with van der Waals surface area (Å²) in [6.45, 7) is 4.97. The molecule has 2 amide bonds. The summed E-state index contributed by atoms with van der Waals surface area (Å²) in [5.74, 6) is 1.60. The van der Waals surface area contributed by atoms with Gasteiger partial charge in [0.1, 0.15) is 17.2 Å². The first-order valence-electron chi connectivity index (χ1n) is 9.04. The number of pyridine rings is 1. The van der Waals surface area contributed by atoms with Gasteiger partial charge in [-0.15, -0.1) is 0 Å². The second kappa shape index (κ2) is 7.67. The van der Waals surface area contributed by atoms with Crippen LogP contribution in [0.2, 0.25) is 0 Å². The van der Waals surface area contributed by atoms with Crippen LogP contribution in [-0.4, -0.2) is 37.3 Å². The minimum Gasteiger partial charge on any atom is -0.459 e. The highest BCUT2D eigenvalue weighted by Crippen LogP contribution is 2.23. The van der Waals surface area contributed by atoms with Gasteiger partial charge < -0.3 is 24.7 Å². The largest absolute Gasteiger partial charge is 0.459 e. The first-order chi connectivity index (χ1) is 13.2. The van der Waals surface area contributed by atoms with E-state index in [-0.39, 0.29) is 12.1 Å². The van der Waals surface area contributed by atoms with Gasteiger partial charge in [-0.25, -0.2) is 9.78 Å². The molecule has 1 aromatic carbocycles. The fourth-order valence-electron chi connectivity index (χ4n) is 3.09. The number of hydrogen-bond acceptors (Lipinski definition) is 5. The van der Waals surface area contributed by atoms with Crippen LogP contribution >= 0.6 is 0 Å². The summed E-state index contributed by atoms with van der Waals surface area (Å²) in [7, 11) is 0. The number of urea groups is 1. The van der Waals surface area contributed by atoms with E-state index in [2.05, 4.69) is 20.5 Å². The predicted molar refractivity (Wildman–Crippen MR) is 104 cm³/mol. The van der Waals surface area contributed by atoms with Crippen LogP contribution in [0.15, 0.2) is 53.1 Å². The lowest BCUT2D eigenvalue weighted by molar-refractivity contribution is 0.122. The fourth-order valence-corrected chi connectivity index (χ4v) is 3.09. The van der Waals surface area contributed by atoms with Gasteiger partial charge in [-0.3, -0.25) is 0 Å². The lowest BCUT2D eigenvalue weighted by atomic mass is 10.2. The number of carbonyl (C=O) groups is 1. The Balaban J connectivity index is 1.35. The Labute approximate surface area is 157 Å². The van der Waals surface area contributed by atoms with Gasteiger partial charge in [-0.05, 0) is 31.2 Å². The monoisotopic (exact) mass is 366 g/mol. The fraction of sp³-hybridized carbons (Fsp3) is 0.300. The molecule has 0 unspecified atom stereocenters. The average Bonchev–Trinajstić information content (AvgIpc) is 3.14. The van der Waals surface area contributed by atoms with Crippen LogP contribution in [0.1, 0.15) is 18.7 Å². The number of anilines is 2. The van der Waals surface area contributed by atoms with E-state index in [0.717, 1.165) is 29.9 Å². The molecule has 0 aliphatic carbocycles. The van der Waals surface area contributed by atoms with Crippen molar-refractivity contribution in [3.8, 4) is 0 Å². The molecule has 2 aromatic heterocycles. The van der Waals surface area contributed by atoms with Gasteiger partial charge in [0, 0.05) is 18.5 Å². The number of ether oxygens (including phenoxy) is 1. The molecular weight excluding hydrogens is 344 g/mol. The van der Waals surface area contributed by atoms with Crippen molar-refractivity contribution >= 4 is 28.5 Å². The minimum absolute atomic E-state index is 0.252. The molecule has 7 heteroatoms. The lowest BCUT2D eigenvalue weighted by Gasteiger charge is -2.27. The normalized spacial score (nSPS) is 15.5. The number of rotatable bonds is 4. The van der Waals surface area contributed by atoms with E-state index < -0.39 is 0 Å². The molecule has 0 saturated carbocycles. The smallest absolute Gasteiger partial charge is 0.319 e. The third-order valence-electron chi connectivity index (χ3n) is 4.56. The molecule has 140 valence electrons. The molecule has 1 fully saturated rings.